The van der Waals surface area contributed by atoms with Crippen LogP contribution in [0.1, 0.15) is 171 Å². The van der Waals surface area contributed by atoms with Gasteiger partial charge in [-0.3, -0.25) is 0 Å². The highest BCUT2D eigenvalue weighted by Crippen LogP contribution is 2.59. The SMILES string of the molecule is CC.CC.CCC(CC(C)(C)C)c1ccc(OC(C)OC2CC3CC2C2CCCC32)cc1.CCCNc1ccc(OC(C)OC2CCCCC2)cc1. The van der Waals surface area contributed by atoms with Gasteiger partial charge in [-0.2, -0.15) is 0 Å². The minimum atomic E-state index is -0.174. The molecule has 4 fully saturated rings. The predicted molar refractivity (Wildman–Crippen MR) is 222 cm³/mol. The summed E-state index contributed by atoms with van der Waals surface area (Å²) in [5.74, 6) is 6.13. The minimum absolute atomic E-state index is 0.161. The van der Waals surface area contributed by atoms with Crippen LogP contribution in [0.2, 0.25) is 0 Å². The molecular formula is C47H79NO4. The maximum atomic E-state index is 6.40. The molecule has 4 aliphatic rings. The highest BCUT2D eigenvalue weighted by atomic mass is 16.7. The van der Waals surface area contributed by atoms with E-state index < -0.39 is 0 Å². The van der Waals surface area contributed by atoms with Crippen LogP contribution in [-0.4, -0.2) is 31.3 Å². The molecule has 0 radical (unpaired) electrons. The van der Waals surface area contributed by atoms with Gasteiger partial charge in [-0.15, -0.1) is 0 Å². The van der Waals surface area contributed by atoms with E-state index in [4.69, 9.17) is 18.9 Å². The smallest absolute Gasteiger partial charge is 0.197 e. The van der Waals surface area contributed by atoms with E-state index in [1.165, 1.54) is 82.6 Å². The first-order chi connectivity index (χ1) is 25.1. The summed E-state index contributed by atoms with van der Waals surface area (Å²) >= 11 is 0. The highest BCUT2D eigenvalue weighted by Gasteiger charge is 2.54. The number of ether oxygens (including phenoxy) is 4. The molecule has 8 atom stereocenters. The Morgan fingerprint density at radius 3 is 1.83 bits per heavy atom. The van der Waals surface area contributed by atoms with Crippen molar-refractivity contribution in [1.29, 1.82) is 0 Å². The summed E-state index contributed by atoms with van der Waals surface area (Å²) < 4.78 is 24.3. The zero-order valence-electron chi connectivity index (χ0n) is 35.3. The Morgan fingerprint density at radius 1 is 0.673 bits per heavy atom. The van der Waals surface area contributed by atoms with Crippen LogP contribution in [0.5, 0.6) is 11.5 Å². The molecule has 2 aromatic rings. The molecule has 4 aliphatic carbocycles. The number of rotatable bonds is 14. The number of nitrogens with one attached hydrogen (secondary N) is 1. The quantitative estimate of drug-likeness (QED) is 0.197. The third-order valence-corrected chi connectivity index (χ3v) is 11.4. The van der Waals surface area contributed by atoms with Crippen molar-refractivity contribution in [2.24, 2.45) is 29.1 Å². The Hall–Kier alpha value is -2.24. The van der Waals surface area contributed by atoms with Gasteiger partial charge in [0.25, 0.3) is 0 Å². The summed E-state index contributed by atoms with van der Waals surface area (Å²) in [6.07, 6.45) is 17.3. The van der Waals surface area contributed by atoms with Crippen LogP contribution >= 0.6 is 0 Å². The zero-order chi connectivity index (χ0) is 38.1. The maximum absolute atomic E-state index is 6.40. The maximum Gasteiger partial charge on any atom is 0.197 e. The molecule has 2 bridgehead atoms. The molecule has 0 heterocycles. The first-order valence-electron chi connectivity index (χ1n) is 21.7. The van der Waals surface area contributed by atoms with Gasteiger partial charge in [0.1, 0.15) is 11.5 Å². The number of fused-ring (bicyclic) bond motifs is 5. The summed E-state index contributed by atoms with van der Waals surface area (Å²) in [5.41, 5.74) is 2.93. The molecule has 296 valence electrons. The molecule has 8 unspecified atom stereocenters. The van der Waals surface area contributed by atoms with Gasteiger partial charge in [-0.1, -0.05) is 100 Å². The predicted octanol–water partition coefficient (Wildman–Crippen LogP) is 13.8. The van der Waals surface area contributed by atoms with Crippen molar-refractivity contribution in [3.8, 4) is 11.5 Å². The summed E-state index contributed by atoms with van der Waals surface area (Å²) in [6.45, 7) is 24.5. The van der Waals surface area contributed by atoms with Gasteiger partial charge in [0.05, 0.1) is 12.2 Å². The fourth-order valence-electron chi connectivity index (χ4n) is 9.30. The van der Waals surface area contributed by atoms with Crippen LogP contribution in [0.15, 0.2) is 48.5 Å². The van der Waals surface area contributed by atoms with Crippen LogP contribution in [0.25, 0.3) is 0 Å². The second-order valence-electron chi connectivity index (χ2n) is 16.5. The summed E-state index contributed by atoms with van der Waals surface area (Å²) in [5, 5.41) is 3.35. The average Bonchev–Trinajstić information content (AvgIpc) is 3.88. The van der Waals surface area contributed by atoms with Gasteiger partial charge in [-0.25, -0.2) is 0 Å². The third-order valence-electron chi connectivity index (χ3n) is 11.4. The fourth-order valence-corrected chi connectivity index (χ4v) is 9.30. The van der Waals surface area contributed by atoms with Crippen molar-refractivity contribution in [2.45, 2.75) is 190 Å². The lowest BCUT2D eigenvalue weighted by atomic mass is 9.80. The summed E-state index contributed by atoms with van der Waals surface area (Å²) in [4.78, 5) is 0. The number of hydrogen-bond acceptors (Lipinski definition) is 5. The Labute approximate surface area is 320 Å². The molecular weight excluding hydrogens is 643 g/mol. The molecule has 5 heteroatoms. The van der Waals surface area contributed by atoms with Gasteiger partial charge in [0.15, 0.2) is 12.6 Å². The molecule has 2 aromatic carbocycles. The minimum Gasteiger partial charge on any atom is -0.465 e. The van der Waals surface area contributed by atoms with E-state index in [9.17, 15) is 0 Å². The topological polar surface area (TPSA) is 49.0 Å². The van der Waals surface area contributed by atoms with Crippen molar-refractivity contribution in [2.75, 3.05) is 11.9 Å². The Morgan fingerprint density at radius 2 is 1.25 bits per heavy atom. The molecule has 4 saturated carbocycles. The molecule has 0 amide bonds. The van der Waals surface area contributed by atoms with Crippen molar-refractivity contribution in [3.05, 3.63) is 54.1 Å². The lowest BCUT2D eigenvalue weighted by Crippen LogP contribution is -2.34. The number of benzene rings is 2. The molecule has 6 rings (SSSR count). The van der Waals surface area contributed by atoms with Gasteiger partial charge >= 0.3 is 0 Å². The zero-order valence-corrected chi connectivity index (χ0v) is 35.3. The number of hydrogen-bond donors (Lipinski definition) is 1. The van der Waals surface area contributed by atoms with E-state index in [2.05, 4.69) is 83.3 Å². The summed E-state index contributed by atoms with van der Waals surface area (Å²) in [7, 11) is 0. The number of anilines is 1. The Bertz CT molecular complexity index is 1200. The van der Waals surface area contributed by atoms with E-state index in [0.29, 0.717) is 23.5 Å². The normalized spacial score (nSPS) is 25.2. The van der Waals surface area contributed by atoms with Crippen molar-refractivity contribution < 1.29 is 18.9 Å². The van der Waals surface area contributed by atoms with E-state index in [1.807, 2.05) is 46.8 Å². The van der Waals surface area contributed by atoms with Crippen LogP contribution in [0, 0.1) is 29.1 Å². The highest BCUT2D eigenvalue weighted by molar-refractivity contribution is 5.46. The van der Waals surface area contributed by atoms with E-state index in [0.717, 1.165) is 53.8 Å². The van der Waals surface area contributed by atoms with E-state index in [-0.39, 0.29) is 12.6 Å². The monoisotopic (exact) mass is 722 g/mol. The molecule has 0 aromatic heterocycles. The van der Waals surface area contributed by atoms with Crippen molar-refractivity contribution in [1.82, 2.24) is 0 Å². The van der Waals surface area contributed by atoms with Gasteiger partial charge in [0.2, 0.25) is 0 Å². The Balaban J connectivity index is 0.000000268. The van der Waals surface area contributed by atoms with Gasteiger partial charge in [0, 0.05) is 12.2 Å². The summed E-state index contributed by atoms with van der Waals surface area (Å²) in [6, 6.07) is 16.9. The lowest BCUT2D eigenvalue weighted by molar-refractivity contribution is -0.132. The Kier molecular flexibility index (Phi) is 19.4. The van der Waals surface area contributed by atoms with Crippen LogP contribution in [0.3, 0.4) is 0 Å². The lowest BCUT2D eigenvalue weighted by Gasteiger charge is -2.33. The fraction of sp³-hybridized carbons (Fsp3) is 0.745. The van der Waals surface area contributed by atoms with Crippen molar-refractivity contribution in [3.63, 3.8) is 0 Å². The second kappa shape index (κ2) is 22.9. The molecule has 52 heavy (non-hydrogen) atoms. The first-order valence-corrected chi connectivity index (χ1v) is 21.7. The third kappa shape index (κ3) is 13.9. The van der Waals surface area contributed by atoms with Crippen LogP contribution in [-0.2, 0) is 9.47 Å². The molecule has 0 saturated heterocycles. The first kappa shape index (κ1) is 44.2. The van der Waals surface area contributed by atoms with Gasteiger partial charge < -0.3 is 24.3 Å². The van der Waals surface area contributed by atoms with Crippen LogP contribution in [0.4, 0.5) is 5.69 Å². The molecule has 0 aliphatic heterocycles. The largest absolute Gasteiger partial charge is 0.465 e. The molecule has 5 nitrogen and oxygen atoms in total. The van der Waals surface area contributed by atoms with E-state index in [1.54, 1.807) is 0 Å². The molecule has 1 N–H and O–H groups in total. The second-order valence-corrected chi connectivity index (χ2v) is 16.5. The van der Waals surface area contributed by atoms with Crippen molar-refractivity contribution >= 4 is 5.69 Å². The van der Waals surface area contributed by atoms with E-state index >= 15 is 0 Å². The average molecular weight is 722 g/mol. The standard InChI is InChI=1S/C26H40O2.C17H27NO2.2C2H6/c1-6-18(16-26(3,4)5)19-10-12-21(13-11-19)27-17(2)28-25-15-20-14-24(25)23-9-7-8-22(20)23;1-3-13-18-15-9-11-17(12-10-15)20-14(2)19-16-7-5-4-6-8-16;2*1-2/h10-13,17-18,20,22-25H,6-9,14-16H2,1-5H3;9-12,14,16,18H,3-8,13H2,1-2H3;2*1-2H3. The molecule has 0 spiro atoms. The van der Waals surface area contributed by atoms with Gasteiger partial charge in [-0.05, 0) is 149 Å². The van der Waals surface area contributed by atoms with Crippen LogP contribution < -0.4 is 14.8 Å².